The number of carbonyl (C=O) groups is 1. The summed E-state index contributed by atoms with van der Waals surface area (Å²) in [6, 6.07) is 7.92. The van der Waals surface area contributed by atoms with E-state index in [1.165, 1.54) is 23.5 Å². The van der Waals surface area contributed by atoms with Crippen molar-refractivity contribution in [2.75, 3.05) is 32.1 Å². The molecule has 3 heterocycles. The number of benzene rings is 1. The van der Waals surface area contributed by atoms with Crippen LogP contribution in [-0.4, -0.2) is 53.4 Å². The maximum Gasteiger partial charge on any atom is 0.319 e. The molecule has 1 aromatic carbocycles. The molecule has 9 nitrogen and oxygen atoms in total. The highest BCUT2D eigenvalue weighted by atomic mass is 32.1. The number of hydrogen-bond acceptors (Lipinski definition) is 7. The van der Waals surface area contributed by atoms with Crippen molar-refractivity contribution < 1.29 is 18.7 Å². The number of methoxy groups -OCH3 is 1. The minimum atomic E-state index is -0.571. The molecular formula is C25H27FN6O3S. The van der Waals surface area contributed by atoms with E-state index in [0.717, 1.165) is 53.3 Å². The quantitative estimate of drug-likeness (QED) is 0.255. The van der Waals surface area contributed by atoms with E-state index in [-0.39, 0.29) is 17.8 Å². The fourth-order valence-electron chi connectivity index (χ4n) is 3.60. The number of ether oxygens (including phenoxy) is 2. The molecule has 188 valence electrons. The summed E-state index contributed by atoms with van der Waals surface area (Å²) in [5, 5.41) is 8.77. The van der Waals surface area contributed by atoms with Gasteiger partial charge in [-0.2, -0.15) is 0 Å². The average molecular weight is 511 g/mol. The van der Waals surface area contributed by atoms with Crippen molar-refractivity contribution in [3.8, 4) is 22.1 Å². The minimum absolute atomic E-state index is 0.0656. The summed E-state index contributed by atoms with van der Waals surface area (Å²) in [5.41, 5.74) is 1.95. The van der Waals surface area contributed by atoms with Crippen LogP contribution in [0.1, 0.15) is 12.8 Å². The van der Waals surface area contributed by atoms with Crippen molar-refractivity contribution in [1.82, 2.24) is 25.2 Å². The van der Waals surface area contributed by atoms with E-state index in [0.29, 0.717) is 18.0 Å². The Morgan fingerprint density at radius 2 is 2.08 bits per heavy atom. The average Bonchev–Trinajstić information content (AvgIpc) is 3.36. The summed E-state index contributed by atoms with van der Waals surface area (Å²) in [5.74, 6) is -0.00113. The topological polar surface area (TPSA) is 102 Å². The molecule has 3 N–H and O–H groups in total. The van der Waals surface area contributed by atoms with E-state index in [1.807, 2.05) is 16.8 Å². The number of nitrogens with zero attached hydrogens (tertiary/aromatic N) is 3. The summed E-state index contributed by atoms with van der Waals surface area (Å²) >= 11 is 1.49. The van der Waals surface area contributed by atoms with Gasteiger partial charge >= 0.3 is 6.03 Å². The van der Waals surface area contributed by atoms with Gasteiger partial charge in [-0.05, 0) is 31.0 Å². The maximum atomic E-state index is 14.8. The number of amides is 2. The number of urea groups is 1. The number of hydrogen-bond donors (Lipinski definition) is 3. The number of fused-ring (bicyclic) bond motifs is 1. The molecule has 1 aliphatic carbocycles. The van der Waals surface area contributed by atoms with Gasteiger partial charge in [0.15, 0.2) is 11.6 Å². The largest absolute Gasteiger partial charge is 0.453 e. The molecule has 3 aromatic heterocycles. The van der Waals surface area contributed by atoms with E-state index in [9.17, 15) is 9.18 Å². The van der Waals surface area contributed by atoms with Gasteiger partial charge in [0.1, 0.15) is 5.75 Å². The molecule has 0 saturated heterocycles. The first-order valence-electron chi connectivity index (χ1n) is 11.7. The standard InChI is InChI=1S/C25H27FN6O3S/c1-34-11-9-27-8-10-32-14-20(29-15-32)23-13-19-24(36-23)22(6-7-28-19)35-21-5-4-17(12-18(21)26)31-25(33)30-16-2-3-16/h4-7,12-16,27H,2-3,8-11H2,1H3,(H2,30,31,33). The SMILES string of the molecule is COCCNCCn1cnc(-c2cc3nccc(Oc4ccc(NC(=O)NC5CC5)cc4F)c3s2)c1. The van der Waals surface area contributed by atoms with Crippen LogP contribution in [0.25, 0.3) is 20.8 Å². The zero-order chi connectivity index (χ0) is 24.9. The van der Waals surface area contributed by atoms with Crippen LogP contribution in [-0.2, 0) is 11.3 Å². The molecule has 0 atom stereocenters. The molecule has 0 unspecified atom stereocenters. The van der Waals surface area contributed by atoms with E-state index in [1.54, 1.807) is 31.8 Å². The van der Waals surface area contributed by atoms with E-state index >= 15 is 0 Å². The number of pyridine rings is 1. The Bertz CT molecular complexity index is 1350. The smallest absolute Gasteiger partial charge is 0.319 e. The number of halogens is 1. The number of carbonyl (C=O) groups excluding carboxylic acids is 1. The first-order valence-corrected chi connectivity index (χ1v) is 12.6. The van der Waals surface area contributed by atoms with Crippen molar-refractivity contribution in [1.29, 1.82) is 0 Å². The third-order valence-electron chi connectivity index (χ3n) is 5.61. The zero-order valence-electron chi connectivity index (χ0n) is 19.8. The summed E-state index contributed by atoms with van der Waals surface area (Å²) < 4.78 is 28.6. The Hall–Kier alpha value is -3.54. The number of imidazole rings is 1. The van der Waals surface area contributed by atoms with Gasteiger partial charge in [0, 0.05) is 63.0 Å². The van der Waals surface area contributed by atoms with E-state index in [2.05, 4.69) is 25.9 Å². The van der Waals surface area contributed by atoms with Gasteiger partial charge in [-0.15, -0.1) is 11.3 Å². The molecule has 2 amide bonds. The van der Waals surface area contributed by atoms with Gasteiger partial charge in [0.25, 0.3) is 0 Å². The van der Waals surface area contributed by atoms with Crippen LogP contribution < -0.4 is 20.7 Å². The third-order valence-corrected chi connectivity index (χ3v) is 6.77. The number of nitrogens with one attached hydrogen (secondary N) is 3. The first-order chi connectivity index (χ1) is 17.6. The Morgan fingerprint density at radius 3 is 2.89 bits per heavy atom. The van der Waals surface area contributed by atoms with Crippen molar-refractivity contribution in [3.05, 3.63) is 54.9 Å². The minimum Gasteiger partial charge on any atom is -0.453 e. The maximum absolute atomic E-state index is 14.8. The van der Waals surface area contributed by atoms with Crippen molar-refractivity contribution >= 4 is 33.3 Å². The number of thiophene rings is 1. The molecule has 0 bridgehead atoms. The second-order valence-corrected chi connectivity index (χ2v) is 9.55. The van der Waals surface area contributed by atoms with Crippen LogP contribution >= 0.6 is 11.3 Å². The van der Waals surface area contributed by atoms with Crippen molar-refractivity contribution in [3.63, 3.8) is 0 Å². The highest BCUT2D eigenvalue weighted by Crippen LogP contribution is 2.39. The van der Waals surface area contributed by atoms with Crippen LogP contribution in [0, 0.1) is 5.82 Å². The van der Waals surface area contributed by atoms with Gasteiger partial charge in [0.05, 0.1) is 33.7 Å². The van der Waals surface area contributed by atoms with Crippen LogP contribution in [0.4, 0.5) is 14.9 Å². The lowest BCUT2D eigenvalue weighted by atomic mass is 10.3. The second kappa shape index (κ2) is 11.0. The summed E-state index contributed by atoms with van der Waals surface area (Å²) in [6.07, 6.45) is 7.39. The number of anilines is 1. The lowest BCUT2D eigenvalue weighted by Gasteiger charge is -2.10. The van der Waals surface area contributed by atoms with Crippen LogP contribution in [0.3, 0.4) is 0 Å². The van der Waals surface area contributed by atoms with Gasteiger partial charge in [0.2, 0.25) is 0 Å². The molecular weight excluding hydrogens is 483 g/mol. The molecule has 0 spiro atoms. The van der Waals surface area contributed by atoms with Crippen molar-refractivity contribution in [2.45, 2.75) is 25.4 Å². The Kier molecular flexibility index (Phi) is 7.40. The molecule has 36 heavy (non-hydrogen) atoms. The van der Waals surface area contributed by atoms with Crippen LogP contribution in [0.2, 0.25) is 0 Å². The Morgan fingerprint density at radius 1 is 1.19 bits per heavy atom. The molecule has 1 saturated carbocycles. The van der Waals surface area contributed by atoms with Gasteiger partial charge in [-0.3, -0.25) is 4.98 Å². The molecule has 0 radical (unpaired) electrons. The normalized spacial score (nSPS) is 13.2. The van der Waals surface area contributed by atoms with E-state index in [4.69, 9.17) is 9.47 Å². The lowest BCUT2D eigenvalue weighted by Crippen LogP contribution is -2.30. The highest BCUT2D eigenvalue weighted by Gasteiger charge is 2.23. The predicted molar refractivity (Wildman–Crippen MR) is 137 cm³/mol. The Labute approximate surface area is 211 Å². The first kappa shape index (κ1) is 24.2. The van der Waals surface area contributed by atoms with Gasteiger partial charge < -0.3 is 30.0 Å². The molecule has 11 heteroatoms. The zero-order valence-corrected chi connectivity index (χ0v) is 20.6. The predicted octanol–water partition coefficient (Wildman–Crippen LogP) is 4.61. The van der Waals surface area contributed by atoms with E-state index < -0.39 is 5.82 Å². The third kappa shape index (κ3) is 5.99. The van der Waals surface area contributed by atoms with Crippen LogP contribution in [0.5, 0.6) is 11.5 Å². The van der Waals surface area contributed by atoms with Gasteiger partial charge in [-0.25, -0.2) is 14.2 Å². The fourth-order valence-corrected chi connectivity index (χ4v) is 4.63. The molecule has 1 aliphatic rings. The summed E-state index contributed by atoms with van der Waals surface area (Å²) in [6.45, 7) is 3.09. The molecule has 4 aromatic rings. The molecule has 0 aliphatic heterocycles. The number of aromatic nitrogens is 3. The van der Waals surface area contributed by atoms with Crippen molar-refractivity contribution in [2.24, 2.45) is 0 Å². The fraction of sp³-hybridized carbons (Fsp3) is 0.320. The highest BCUT2D eigenvalue weighted by molar-refractivity contribution is 7.22. The van der Waals surface area contributed by atoms with Gasteiger partial charge in [-0.1, -0.05) is 0 Å². The second-order valence-electron chi connectivity index (χ2n) is 8.49. The Balaban J connectivity index is 1.27. The molecule has 1 fully saturated rings. The lowest BCUT2D eigenvalue weighted by molar-refractivity contribution is 0.199. The monoisotopic (exact) mass is 510 g/mol. The summed E-state index contributed by atoms with van der Waals surface area (Å²) in [4.78, 5) is 21.8. The molecule has 5 rings (SSSR count). The van der Waals surface area contributed by atoms with Crippen LogP contribution in [0.15, 0.2) is 49.1 Å². The summed E-state index contributed by atoms with van der Waals surface area (Å²) in [7, 11) is 1.68. The number of rotatable bonds is 11.